The van der Waals surface area contributed by atoms with Crippen LogP contribution in [0.15, 0.2) is 88.9 Å². The van der Waals surface area contributed by atoms with Crippen molar-refractivity contribution in [3.05, 3.63) is 106 Å². The molecular weight excluding hydrogens is 758 g/mol. The Morgan fingerprint density at radius 1 is 0.804 bits per heavy atom. The third-order valence-electron chi connectivity index (χ3n) is 6.42. The molecule has 0 atom stereocenters. The summed E-state index contributed by atoms with van der Waals surface area (Å²) in [6.45, 7) is 0. The summed E-state index contributed by atoms with van der Waals surface area (Å²) in [6, 6.07) is 14.8. The normalized spacial score (nSPS) is 11.5. The molecule has 0 bridgehead atoms. The Morgan fingerprint density at radius 3 is 2.04 bits per heavy atom. The molecule has 3 aromatic carbocycles. The van der Waals surface area contributed by atoms with Gasteiger partial charge in [0, 0.05) is 43.9 Å². The number of hydrogen-bond donors (Lipinski definition) is 4. The predicted octanol–water partition coefficient (Wildman–Crippen LogP) is 6.34. The average molecular weight is 780 g/mol. The van der Waals surface area contributed by atoms with Gasteiger partial charge in [-0.05, 0) is 83.3 Å². The van der Waals surface area contributed by atoms with Gasteiger partial charge in [0.15, 0.2) is 0 Å². The highest BCUT2D eigenvalue weighted by molar-refractivity contribution is 14.1. The molecule has 236 valence electrons. The lowest BCUT2D eigenvalue weighted by molar-refractivity contribution is 0.399. The summed E-state index contributed by atoms with van der Waals surface area (Å²) >= 11 is 1.93. The first kappa shape index (κ1) is 32.7. The van der Waals surface area contributed by atoms with E-state index in [1.807, 2.05) is 22.6 Å². The Hall–Kier alpha value is -4.73. The molecular formula is C30H21F3IN5O5S2. The molecule has 0 spiro atoms. The van der Waals surface area contributed by atoms with Gasteiger partial charge < -0.3 is 14.7 Å². The molecule has 0 aliphatic rings. The number of fused-ring (bicyclic) bond motifs is 2. The van der Waals surface area contributed by atoms with Gasteiger partial charge in [-0.3, -0.25) is 9.44 Å². The molecule has 3 heterocycles. The number of rotatable bonds is 7. The molecule has 0 aliphatic carbocycles. The van der Waals surface area contributed by atoms with Crippen molar-refractivity contribution in [3.8, 4) is 18.2 Å². The minimum Gasteiger partial charge on any atom is -0.481 e. The molecule has 6 aromatic rings. The molecule has 46 heavy (non-hydrogen) atoms. The van der Waals surface area contributed by atoms with E-state index in [4.69, 9.17) is 11.2 Å². The van der Waals surface area contributed by atoms with E-state index in [2.05, 4.69) is 30.3 Å². The second kappa shape index (κ2) is 12.9. The number of pyridine rings is 1. The van der Waals surface area contributed by atoms with Crippen LogP contribution in [0.25, 0.3) is 21.9 Å². The van der Waals surface area contributed by atoms with Gasteiger partial charge in [0.25, 0.3) is 20.0 Å². The molecule has 0 aliphatic heterocycles. The van der Waals surface area contributed by atoms with Crippen LogP contribution in [0.5, 0.6) is 5.88 Å². The predicted molar refractivity (Wildman–Crippen MR) is 176 cm³/mol. The van der Waals surface area contributed by atoms with E-state index in [1.165, 1.54) is 68.0 Å². The number of aromatic amines is 2. The number of sulfonamides is 2. The van der Waals surface area contributed by atoms with Crippen LogP contribution in [0.3, 0.4) is 0 Å². The molecule has 0 amide bonds. The van der Waals surface area contributed by atoms with Gasteiger partial charge in [-0.25, -0.2) is 30.0 Å². The summed E-state index contributed by atoms with van der Waals surface area (Å²) in [6.07, 6.45) is 7.71. The molecule has 0 fully saturated rings. The number of nitrogens with zero attached hydrogens (tertiary/aromatic N) is 1. The van der Waals surface area contributed by atoms with Crippen LogP contribution >= 0.6 is 22.6 Å². The first-order valence-corrected chi connectivity index (χ1v) is 16.9. The lowest BCUT2D eigenvalue weighted by atomic mass is 10.2. The van der Waals surface area contributed by atoms with Crippen molar-refractivity contribution in [1.82, 2.24) is 15.0 Å². The van der Waals surface area contributed by atoms with E-state index < -0.39 is 37.5 Å². The van der Waals surface area contributed by atoms with Crippen molar-refractivity contribution < 1.29 is 34.7 Å². The second-order valence-corrected chi connectivity index (χ2v) is 14.0. The summed E-state index contributed by atoms with van der Waals surface area (Å²) in [5, 5.41) is 0.698. The number of anilines is 2. The van der Waals surface area contributed by atoms with E-state index in [1.54, 1.807) is 12.1 Å². The zero-order valence-electron chi connectivity index (χ0n) is 23.4. The highest BCUT2D eigenvalue weighted by atomic mass is 127. The van der Waals surface area contributed by atoms with Crippen molar-refractivity contribution in [2.24, 2.45) is 0 Å². The topological polar surface area (TPSA) is 146 Å². The Bertz CT molecular complexity index is 2370. The minimum atomic E-state index is -4.01. The largest absolute Gasteiger partial charge is 0.481 e. The van der Waals surface area contributed by atoms with Crippen LogP contribution in [0.4, 0.5) is 24.5 Å². The molecule has 0 unspecified atom stereocenters. The van der Waals surface area contributed by atoms with Crippen LogP contribution in [0.1, 0.15) is 5.56 Å². The van der Waals surface area contributed by atoms with Crippen molar-refractivity contribution in [2.45, 2.75) is 9.79 Å². The van der Waals surface area contributed by atoms with E-state index >= 15 is 0 Å². The van der Waals surface area contributed by atoms with E-state index in [0.29, 0.717) is 36.9 Å². The number of hydrogen-bond acceptors (Lipinski definition) is 6. The Morgan fingerprint density at radius 2 is 1.41 bits per heavy atom. The maximum atomic E-state index is 14.0. The number of ether oxygens (including phenoxy) is 1. The SMILES string of the molecule is C#Cc1ccc(NS(=O)(=O)c2c[nH]c3nc(OC)ccc23)c(F)c1.O=S(=O)(Nc1ccc(I)cc1F)c1c[nH]c2cc(F)ccc12. The lowest BCUT2D eigenvalue weighted by Crippen LogP contribution is -2.13. The second-order valence-electron chi connectivity index (χ2n) is 9.42. The van der Waals surface area contributed by atoms with Crippen molar-refractivity contribution in [2.75, 3.05) is 16.6 Å². The van der Waals surface area contributed by atoms with E-state index in [0.717, 1.165) is 6.07 Å². The third kappa shape index (κ3) is 6.90. The van der Waals surface area contributed by atoms with Crippen molar-refractivity contribution in [1.29, 1.82) is 0 Å². The fraction of sp³-hybridized carbons (Fsp3) is 0.0333. The summed E-state index contributed by atoms with van der Waals surface area (Å²) < 4.78 is 101. The minimum absolute atomic E-state index is 0.0481. The Kier molecular flexibility index (Phi) is 9.19. The lowest BCUT2D eigenvalue weighted by Gasteiger charge is -2.08. The van der Waals surface area contributed by atoms with Crippen molar-refractivity contribution >= 4 is 75.9 Å². The number of benzene rings is 3. The number of aromatic nitrogens is 3. The van der Waals surface area contributed by atoms with Gasteiger partial charge in [-0.2, -0.15) is 4.98 Å². The first-order valence-electron chi connectivity index (χ1n) is 12.9. The van der Waals surface area contributed by atoms with Crippen LogP contribution in [-0.4, -0.2) is 38.9 Å². The smallest absolute Gasteiger partial charge is 0.264 e. The first-order chi connectivity index (χ1) is 21.8. The van der Waals surface area contributed by atoms with Gasteiger partial charge in [-0.15, -0.1) is 6.42 Å². The zero-order chi connectivity index (χ0) is 33.2. The Labute approximate surface area is 274 Å². The third-order valence-corrected chi connectivity index (χ3v) is 9.91. The summed E-state index contributed by atoms with van der Waals surface area (Å²) in [5.74, 6) is 0.724. The van der Waals surface area contributed by atoms with Gasteiger partial charge >= 0.3 is 0 Å². The molecule has 0 radical (unpaired) electrons. The molecule has 6 rings (SSSR count). The summed E-state index contributed by atoms with van der Waals surface area (Å²) in [5.41, 5.74) is 0.682. The molecule has 0 saturated carbocycles. The fourth-order valence-electron chi connectivity index (χ4n) is 4.25. The van der Waals surface area contributed by atoms with Gasteiger partial charge in [0.2, 0.25) is 5.88 Å². The summed E-state index contributed by atoms with van der Waals surface area (Å²) in [7, 11) is -6.55. The molecule has 0 saturated heterocycles. The molecule has 3 aromatic heterocycles. The van der Waals surface area contributed by atoms with Crippen LogP contribution in [0, 0.1) is 33.4 Å². The van der Waals surface area contributed by atoms with Crippen LogP contribution in [0.2, 0.25) is 0 Å². The Balaban J connectivity index is 0.000000182. The summed E-state index contributed by atoms with van der Waals surface area (Å²) in [4.78, 5) is 9.44. The quantitative estimate of drug-likeness (QED) is 0.110. The number of terminal acetylenes is 1. The van der Waals surface area contributed by atoms with Crippen LogP contribution in [-0.2, 0) is 20.0 Å². The average Bonchev–Trinajstić information content (AvgIpc) is 3.64. The molecule has 16 heteroatoms. The van der Waals surface area contributed by atoms with E-state index in [9.17, 15) is 30.0 Å². The number of nitrogens with one attached hydrogen (secondary N) is 4. The van der Waals surface area contributed by atoms with Gasteiger partial charge in [0.05, 0.1) is 18.5 Å². The standard InChI is InChI=1S/C16H12FN3O3S.C14H9F2IN2O2S/c1-3-10-4-6-13(12(17)8-10)20-24(21,22)14-9-18-16-11(14)5-7-15(19-16)23-2;15-8-1-3-10-13(5-8)18-7-14(10)22(20,21)19-12-4-2-9(17)6-11(12)16/h1,4-9,20H,2H3,(H,18,19);1-7,18-19H. The molecule has 10 nitrogen and oxygen atoms in total. The highest BCUT2D eigenvalue weighted by Crippen LogP contribution is 2.28. The van der Waals surface area contributed by atoms with Crippen LogP contribution < -0.4 is 14.2 Å². The van der Waals surface area contributed by atoms with E-state index in [-0.39, 0.29) is 21.2 Å². The number of H-pyrrole nitrogens is 2. The van der Waals surface area contributed by atoms with Gasteiger partial charge in [-0.1, -0.05) is 5.92 Å². The number of halogens is 4. The zero-order valence-corrected chi connectivity index (χ0v) is 27.2. The maximum absolute atomic E-state index is 14.0. The monoisotopic (exact) mass is 779 g/mol. The van der Waals surface area contributed by atoms with Crippen molar-refractivity contribution in [3.63, 3.8) is 0 Å². The maximum Gasteiger partial charge on any atom is 0.264 e. The fourth-order valence-corrected chi connectivity index (χ4v) is 7.18. The number of methoxy groups -OCH3 is 1. The van der Waals surface area contributed by atoms with Gasteiger partial charge in [0.1, 0.15) is 32.9 Å². The highest BCUT2D eigenvalue weighted by Gasteiger charge is 2.22. The molecule has 4 N–H and O–H groups in total.